The van der Waals surface area contributed by atoms with E-state index in [0.29, 0.717) is 23.0 Å². The number of nitrogens with one attached hydrogen (secondary N) is 2. The third kappa shape index (κ3) is 5.78. The SMILES string of the molecule is C=C=C(N=C(N)N=C(C)Nc1cccc(N)c1)Nc1cccc(N)c1. The van der Waals surface area contributed by atoms with Crippen LogP contribution in [0.25, 0.3) is 0 Å². The summed E-state index contributed by atoms with van der Waals surface area (Å²) in [6.07, 6.45) is 0. The van der Waals surface area contributed by atoms with Gasteiger partial charge in [-0.25, -0.2) is 4.99 Å². The number of aliphatic imine (C=N–C) groups is 2. The van der Waals surface area contributed by atoms with Crippen LogP contribution in [0.3, 0.4) is 0 Å². The summed E-state index contributed by atoms with van der Waals surface area (Å²) in [6.45, 7) is 5.36. The molecule has 0 aliphatic carbocycles. The van der Waals surface area contributed by atoms with Crippen molar-refractivity contribution >= 4 is 34.5 Å². The van der Waals surface area contributed by atoms with Crippen LogP contribution in [-0.4, -0.2) is 11.8 Å². The van der Waals surface area contributed by atoms with Crippen molar-refractivity contribution in [2.45, 2.75) is 6.92 Å². The molecule has 7 nitrogen and oxygen atoms in total. The summed E-state index contributed by atoms with van der Waals surface area (Å²) in [6, 6.07) is 14.5. The van der Waals surface area contributed by atoms with Gasteiger partial charge in [0.05, 0.1) is 0 Å². The molecule has 0 bridgehead atoms. The highest BCUT2D eigenvalue weighted by Gasteiger charge is 2.00. The molecule has 0 aromatic heterocycles. The van der Waals surface area contributed by atoms with Gasteiger partial charge in [-0.1, -0.05) is 24.4 Å². The number of rotatable bonds is 4. The Morgan fingerprint density at radius 1 is 0.960 bits per heavy atom. The fourth-order valence-corrected chi connectivity index (χ4v) is 2.03. The van der Waals surface area contributed by atoms with Crippen molar-refractivity contribution in [1.29, 1.82) is 0 Å². The first-order valence-corrected chi connectivity index (χ1v) is 7.51. The summed E-state index contributed by atoms with van der Waals surface area (Å²) >= 11 is 0. The minimum absolute atomic E-state index is 0.0523. The highest BCUT2D eigenvalue weighted by atomic mass is 15.1. The molecule has 0 aliphatic rings. The summed E-state index contributed by atoms with van der Waals surface area (Å²) in [7, 11) is 0. The summed E-state index contributed by atoms with van der Waals surface area (Å²) in [5, 5.41) is 6.11. The fourth-order valence-electron chi connectivity index (χ4n) is 2.03. The first kappa shape index (κ1) is 17.7. The van der Waals surface area contributed by atoms with E-state index in [2.05, 4.69) is 32.9 Å². The van der Waals surface area contributed by atoms with Crippen molar-refractivity contribution < 1.29 is 0 Å². The Hall–Kier alpha value is -3.70. The summed E-state index contributed by atoms with van der Waals surface area (Å²) in [5.74, 6) is 0.958. The van der Waals surface area contributed by atoms with E-state index < -0.39 is 0 Å². The molecule has 0 saturated heterocycles. The zero-order valence-corrected chi connectivity index (χ0v) is 14.0. The second kappa shape index (κ2) is 8.24. The molecule has 25 heavy (non-hydrogen) atoms. The lowest BCUT2D eigenvalue weighted by atomic mass is 10.3. The summed E-state index contributed by atoms with van der Waals surface area (Å²) in [5.41, 5.74) is 22.9. The molecule has 2 aromatic rings. The first-order valence-electron chi connectivity index (χ1n) is 7.51. The number of guanidine groups is 1. The number of nitrogen functional groups attached to an aromatic ring is 2. The predicted molar refractivity (Wildman–Crippen MR) is 106 cm³/mol. The van der Waals surface area contributed by atoms with Gasteiger partial charge in [-0.3, -0.25) is 0 Å². The quantitative estimate of drug-likeness (QED) is 0.254. The predicted octanol–water partition coefficient (Wildman–Crippen LogP) is 2.73. The van der Waals surface area contributed by atoms with Crippen LogP contribution in [0.15, 0.2) is 76.6 Å². The maximum Gasteiger partial charge on any atom is 0.224 e. The van der Waals surface area contributed by atoms with Gasteiger partial charge in [0.2, 0.25) is 5.96 Å². The number of hydrogen-bond acceptors (Lipinski definition) is 4. The van der Waals surface area contributed by atoms with E-state index >= 15 is 0 Å². The molecule has 0 unspecified atom stereocenters. The maximum absolute atomic E-state index is 5.86. The number of benzene rings is 2. The molecule has 2 aromatic carbocycles. The molecule has 0 spiro atoms. The van der Waals surface area contributed by atoms with Crippen molar-refractivity contribution in [3.8, 4) is 0 Å². The second-order valence-electron chi connectivity index (χ2n) is 5.19. The molecule has 128 valence electrons. The van der Waals surface area contributed by atoms with E-state index in [1.54, 1.807) is 31.2 Å². The normalized spacial score (nSPS) is 11.6. The Morgan fingerprint density at radius 3 is 2.04 bits per heavy atom. The van der Waals surface area contributed by atoms with Crippen molar-refractivity contribution in [2.75, 3.05) is 22.1 Å². The van der Waals surface area contributed by atoms with Crippen molar-refractivity contribution in [3.63, 3.8) is 0 Å². The molecule has 0 saturated carbocycles. The van der Waals surface area contributed by atoms with E-state index in [4.69, 9.17) is 17.2 Å². The largest absolute Gasteiger partial charge is 0.399 e. The van der Waals surface area contributed by atoms with Gasteiger partial charge in [0.1, 0.15) is 5.84 Å². The molecule has 8 N–H and O–H groups in total. The average molecular weight is 335 g/mol. The van der Waals surface area contributed by atoms with Gasteiger partial charge in [0, 0.05) is 22.7 Å². The van der Waals surface area contributed by atoms with Crippen LogP contribution in [0.2, 0.25) is 0 Å². The number of nitrogens with two attached hydrogens (primary N) is 3. The van der Waals surface area contributed by atoms with Gasteiger partial charge in [-0.05, 0) is 43.3 Å². The van der Waals surface area contributed by atoms with Crippen LogP contribution in [0.4, 0.5) is 22.7 Å². The van der Waals surface area contributed by atoms with Gasteiger partial charge in [0.15, 0.2) is 5.82 Å². The molecule has 0 radical (unpaired) electrons. The van der Waals surface area contributed by atoms with E-state index in [9.17, 15) is 0 Å². The Kier molecular flexibility index (Phi) is 5.81. The van der Waals surface area contributed by atoms with Crippen LogP contribution in [0.5, 0.6) is 0 Å². The van der Waals surface area contributed by atoms with Gasteiger partial charge in [0.25, 0.3) is 0 Å². The standard InChI is InChI=1S/C18H21N7/c1-3-17(24-16-9-5-7-14(20)11-16)25-18(21)23-12(2)22-15-8-4-6-13(19)10-15/h4-11,24H,1,19-20H2,2H3,(H3,21,22,23,25). The smallest absolute Gasteiger partial charge is 0.224 e. The van der Waals surface area contributed by atoms with Crippen LogP contribution in [0.1, 0.15) is 6.92 Å². The minimum atomic E-state index is 0.0523. The maximum atomic E-state index is 5.86. The summed E-state index contributed by atoms with van der Waals surface area (Å²) in [4.78, 5) is 8.34. The van der Waals surface area contributed by atoms with Crippen molar-refractivity contribution in [1.82, 2.24) is 0 Å². The zero-order chi connectivity index (χ0) is 18.2. The first-order chi connectivity index (χ1) is 12.0. The second-order valence-corrected chi connectivity index (χ2v) is 5.19. The van der Waals surface area contributed by atoms with E-state index in [-0.39, 0.29) is 5.96 Å². The molecular formula is C18H21N7. The van der Waals surface area contributed by atoms with Crippen LogP contribution >= 0.6 is 0 Å². The Balaban J connectivity index is 2.08. The van der Waals surface area contributed by atoms with Crippen LogP contribution in [-0.2, 0) is 0 Å². The molecule has 7 heteroatoms. The van der Waals surface area contributed by atoms with Gasteiger partial charge in [-0.2, -0.15) is 4.99 Å². The van der Waals surface area contributed by atoms with E-state index in [0.717, 1.165) is 11.4 Å². The molecule has 0 heterocycles. The molecule has 2 rings (SSSR count). The highest BCUT2D eigenvalue weighted by Crippen LogP contribution is 2.14. The third-order valence-corrected chi connectivity index (χ3v) is 3.04. The number of hydrogen-bond donors (Lipinski definition) is 5. The third-order valence-electron chi connectivity index (χ3n) is 3.04. The molecule has 0 fully saturated rings. The molecule has 0 atom stereocenters. The Bertz CT molecular complexity index is 861. The van der Waals surface area contributed by atoms with Crippen molar-refractivity contribution in [2.24, 2.45) is 15.7 Å². The number of anilines is 4. The Labute approximate surface area is 146 Å². The highest BCUT2D eigenvalue weighted by molar-refractivity contribution is 6.01. The molecule has 0 amide bonds. The average Bonchev–Trinajstić information content (AvgIpc) is 2.54. The molecular weight excluding hydrogens is 314 g/mol. The van der Waals surface area contributed by atoms with Gasteiger partial charge >= 0.3 is 0 Å². The zero-order valence-electron chi connectivity index (χ0n) is 14.0. The molecule has 0 aliphatic heterocycles. The lowest BCUT2D eigenvalue weighted by Crippen LogP contribution is -2.16. The lowest BCUT2D eigenvalue weighted by Gasteiger charge is -2.07. The minimum Gasteiger partial charge on any atom is -0.399 e. The summed E-state index contributed by atoms with van der Waals surface area (Å²) < 4.78 is 0. The monoisotopic (exact) mass is 335 g/mol. The van der Waals surface area contributed by atoms with E-state index in [1.165, 1.54) is 0 Å². The lowest BCUT2D eigenvalue weighted by molar-refractivity contribution is 1.27. The van der Waals surface area contributed by atoms with Gasteiger partial charge < -0.3 is 27.8 Å². The number of nitrogens with zero attached hydrogens (tertiary/aromatic N) is 2. The van der Waals surface area contributed by atoms with E-state index in [1.807, 2.05) is 24.3 Å². The van der Waals surface area contributed by atoms with Gasteiger partial charge in [-0.15, -0.1) is 0 Å². The van der Waals surface area contributed by atoms with Crippen LogP contribution < -0.4 is 27.8 Å². The van der Waals surface area contributed by atoms with Crippen molar-refractivity contribution in [3.05, 3.63) is 66.7 Å². The number of amidine groups is 1. The topological polar surface area (TPSA) is 127 Å². The van der Waals surface area contributed by atoms with Crippen LogP contribution in [0, 0.1) is 0 Å². The Morgan fingerprint density at radius 2 is 1.52 bits per heavy atom. The fraction of sp³-hybridized carbons (Fsp3) is 0.0556.